The lowest BCUT2D eigenvalue weighted by Gasteiger charge is -2.16. The molecule has 0 radical (unpaired) electrons. The van der Waals surface area contributed by atoms with Crippen LogP contribution >= 0.6 is 11.3 Å². The summed E-state index contributed by atoms with van der Waals surface area (Å²) in [5.41, 5.74) is 4.25. The van der Waals surface area contributed by atoms with Crippen LogP contribution in [0.3, 0.4) is 0 Å². The van der Waals surface area contributed by atoms with E-state index in [4.69, 9.17) is 0 Å². The molecule has 7 heteroatoms. The SMILES string of the molecule is Cc1cc(-c2nc3ccccc3s2)ccc1NC(=O)NC(Cc1ccccc1)C(=O)O. The molecule has 3 N–H and O–H groups in total. The van der Waals surface area contributed by atoms with Crippen molar-refractivity contribution in [2.24, 2.45) is 0 Å². The van der Waals surface area contributed by atoms with Gasteiger partial charge in [-0.05, 0) is 48.4 Å². The lowest BCUT2D eigenvalue weighted by molar-refractivity contribution is -0.139. The number of carbonyl (C=O) groups excluding carboxylic acids is 1. The summed E-state index contributed by atoms with van der Waals surface area (Å²) in [5.74, 6) is -1.08. The van der Waals surface area contributed by atoms with Crippen molar-refractivity contribution in [2.45, 2.75) is 19.4 Å². The number of carboxylic acid groups (broad SMARTS) is 1. The van der Waals surface area contributed by atoms with E-state index in [-0.39, 0.29) is 6.42 Å². The predicted octanol–water partition coefficient (Wildman–Crippen LogP) is 5.09. The van der Waals surface area contributed by atoms with Gasteiger partial charge in [-0.15, -0.1) is 11.3 Å². The highest BCUT2D eigenvalue weighted by Gasteiger charge is 2.20. The summed E-state index contributed by atoms with van der Waals surface area (Å²) in [7, 11) is 0. The number of nitrogens with zero attached hydrogens (tertiary/aromatic N) is 1. The Morgan fingerprint density at radius 2 is 1.77 bits per heavy atom. The molecular formula is C24H21N3O3S. The summed E-state index contributed by atoms with van der Waals surface area (Å²) in [6.07, 6.45) is 0.207. The van der Waals surface area contributed by atoms with E-state index < -0.39 is 18.0 Å². The number of fused-ring (bicyclic) bond motifs is 1. The Bertz CT molecular complexity index is 1200. The fraction of sp³-hybridized carbons (Fsp3) is 0.125. The van der Waals surface area contributed by atoms with Crippen molar-refractivity contribution in [1.82, 2.24) is 10.3 Å². The third kappa shape index (κ3) is 4.90. The van der Waals surface area contributed by atoms with Crippen molar-refractivity contribution in [3.05, 3.63) is 83.9 Å². The first-order valence-corrected chi connectivity index (χ1v) is 10.6. The first-order valence-electron chi connectivity index (χ1n) is 9.80. The van der Waals surface area contributed by atoms with Gasteiger partial charge < -0.3 is 15.7 Å². The van der Waals surface area contributed by atoms with Crippen LogP contribution in [0.5, 0.6) is 0 Å². The zero-order valence-corrected chi connectivity index (χ0v) is 17.6. The van der Waals surface area contributed by atoms with Crippen LogP contribution in [-0.2, 0) is 11.2 Å². The maximum absolute atomic E-state index is 12.4. The van der Waals surface area contributed by atoms with Crippen molar-refractivity contribution in [3.8, 4) is 10.6 Å². The van der Waals surface area contributed by atoms with Crippen molar-refractivity contribution in [2.75, 3.05) is 5.32 Å². The number of hydrogen-bond acceptors (Lipinski definition) is 4. The minimum Gasteiger partial charge on any atom is -0.480 e. The summed E-state index contributed by atoms with van der Waals surface area (Å²) >= 11 is 1.62. The Morgan fingerprint density at radius 1 is 1.03 bits per heavy atom. The van der Waals surface area contributed by atoms with Gasteiger partial charge in [0, 0.05) is 17.7 Å². The minimum atomic E-state index is -1.08. The predicted molar refractivity (Wildman–Crippen MR) is 124 cm³/mol. The highest BCUT2D eigenvalue weighted by molar-refractivity contribution is 7.21. The van der Waals surface area contributed by atoms with Crippen LogP contribution < -0.4 is 10.6 Å². The second-order valence-electron chi connectivity index (χ2n) is 7.20. The monoisotopic (exact) mass is 431 g/mol. The molecule has 6 nitrogen and oxygen atoms in total. The van der Waals surface area contributed by atoms with E-state index in [1.54, 1.807) is 11.3 Å². The fourth-order valence-electron chi connectivity index (χ4n) is 3.30. The lowest BCUT2D eigenvalue weighted by atomic mass is 10.1. The number of aromatic nitrogens is 1. The molecule has 156 valence electrons. The molecule has 4 aromatic rings. The van der Waals surface area contributed by atoms with Gasteiger partial charge in [-0.2, -0.15) is 0 Å². The number of aryl methyl sites for hydroxylation is 1. The van der Waals surface area contributed by atoms with Gasteiger partial charge in [0.2, 0.25) is 0 Å². The number of para-hydroxylation sites is 1. The number of anilines is 1. The van der Waals surface area contributed by atoms with Crippen LogP contribution in [-0.4, -0.2) is 28.1 Å². The van der Waals surface area contributed by atoms with E-state index in [0.29, 0.717) is 5.69 Å². The second-order valence-corrected chi connectivity index (χ2v) is 8.23. The standard InChI is InChI=1S/C24H21N3O3S/c1-15-13-17(22-25-19-9-5-6-10-21(19)31-22)11-12-18(15)26-24(30)27-20(23(28)29)14-16-7-3-2-4-8-16/h2-13,20H,14H2,1H3,(H,28,29)(H2,26,27,30). The number of aliphatic carboxylic acids is 1. The summed E-state index contributed by atoms with van der Waals surface area (Å²) in [5, 5.41) is 15.7. The summed E-state index contributed by atoms with van der Waals surface area (Å²) in [4.78, 5) is 28.7. The zero-order valence-electron chi connectivity index (χ0n) is 16.8. The summed E-state index contributed by atoms with van der Waals surface area (Å²) in [6, 6.07) is 21.3. The van der Waals surface area contributed by atoms with E-state index in [1.165, 1.54) is 0 Å². The van der Waals surface area contributed by atoms with Crippen LogP contribution in [0.2, 0.25) is 0 Å². The maximum atomic E-state index is 12.4. The molecule has 0 saturated heterocycles. The van der Waals surface area contributed by atoms with Crippen LogP contribution in [0.4, 0.5) is 10.5 Å². The highest BCUT2D eigenvalue weighted by Crippen LogP contribution is 2.31. The molecular weight excluding hydrogens is 410 g/mol. The quantitative estimate of drug-likeness (QED) is 0.397. The van der Waals surface area contributed by atoms with Gasteiger partial charge in [0.15, 0.2) is 0 Å². The average molecular weight is 432 g/mol. The van der Waals surface area contributed by atoms with E-state index >= 15 is 0 Å². The van der Waals surface area contributed by atoms with Crippen LogP contribution in [0, 0.1) is 6.92 Å². The fourth-order valence-corrected chi connectivity index (χ4v) is 4.26. The highest BCUT2D eigenvalue weighted by atomic mass is 32.1. The lowest BCUT2D eigenvalue weighted by Crippen LogP contribution is -2.44. The smallest absolute Gasteiger partial charge is 0.326 e. The number of carboxylic acids is 1. The van der Waals surface area contributed by atoms with Crippen LogP contribution in [0.25, 0.3) is 20.8 Å². The summed E-state index contributed by atoms with van der Waals surface area (Å²) < 4.78 is 1.12. The number of thiazole rings is 1. The Hall–Kier alpha value is -3.71. The third-order valence-corrected chi connectivity index (χ3v) is 5.99. The molecule has 0 aliphatic rings. The Balaban J connectivity index is 1.45. The van der Waals surface area contributed by atoms with Gasteiger partial charge in [-0.25, -0.2) is 14.6 Å². The van der Waals surface area contributed by atoms with E-state index in [9.17, 15) is 14.7 Å². The molecule has 4 rings (SSSR count). The molecule has 1 heterocycles. The number of benzene rings is 3. The first-order chi connectivity index (χ1) is 15.0. The Morgan fingerprint density at radius 3 is 2.48 bits per heavy atom. The van der Waals surface area contributed by atoms with Crippen molar-refractivity contribution in [3.63, 3.8) is 0 Å². The third-order valence-electron chi connectivity index (χ3n) is 4.90. The van der Waals surface area contributed by atoms with Crippen LogP contribution in [0.1, 0.15) is 11.1 Å². The number of amides is 2. The molecule has 2 amide bonds. The van der Waals surface area contributed by atoms with Gasteiger partial charge in [0.1, 0.15) is 11.0 Å². The molecule has 0 saturated carbocycles. The Labute approximate surface area is 183 Å². The zero-order chi connectivity index (χ0) is 21.8. The van der Waals surface area contributed by atoms with E-state index in [1.807, 2.05) is 79.7 Å². The molecule has 0 fully saturated rings. The number of carbonyl (C=O) groups is 2. The van der Waals surface area contributed by atoms with Crippen molar-refractivity contribution < 1.29 is 14.7 Å². The van der Waals surface area contributed by atoms with Gasteiger partial charge >= 0.3 is 12.0 Å². The molecule has 1 unspecified atom stereocenters. The average Bonchev–Trinajstić information content (AvgIpc) is 3.20. The van der Waals surface area contributed by atoms with Gasteiger partial charge in [0.25, 0.3) is 0 Å². The van der Waals surface area contributed by atoms with E-state index in [2.05, 4.69) is 15.6 Å². The topological polar surface area (TPSA) is 91.3 Å². The van der Waals surface area contributed by atoms with E-state index in [0.717, 1.165) is 31.9 Å². The van der Waals surface area contributed by atoms with Crippen molar-refractivity contribution >= 4 is 39.2 Å². The molecule has 31 heavy (non-hydrogen) atoms. The molecule has 0 aliphatic heterocycles. The van der Waals surface area contributed by atoms with Gasteiger partial charge in [-0.3, -0.25) is 0 Å². The second kappa shape index (κ2) is 8.97. The molecule has 0 bridgehead atoms. The molecule has 0 spiro atoms. The minimum absolute atomic E-state index is 0.207. The number of rotatable bonds is 6. The normalized spacial score (nSPS) is 11.8. The molecule has 0 aliphatic carbocycles. The van der Waals surface area contributed by atoms with Crippen LogP contribution in [0.15, 0.2) is 72.8 Å². The molecule has 1 aromatic heterocycles. The largest absolute Gasteiger partial charge is 0.480 e. The molecule has 1 atom stereocenters. The molecule has 3 aromatic carbocycles. The Kier molecular flexibility index (Phi) is 5.95. The number of nitrogens with one attached hydrogen (secondary N) is 2. The van der Waals surface area contributed by atoms with Gasteiger partial charge in [-0.1, -0.05) is 42.5 Å². The maximum Gasteiger partial charge on any atom is 0.326 e. The number of hydrogen-bond donors (Lipinski definition) is 3. The first kappa shape index (κ1) is 20.6. The van der Waals surface area contributed by atoms with Crippen molar-refractivity contribution in [1.29, 1.82) is 0 Å². The number of urea groups is 1. The summed E-state index contributed by atoms with van der Waals surface area (Å²) in [6.45, 7) is 1.89. The van der Waals surface area contributed by atoms with Gasteiger partial charge in [0.05, 0.1) is 10.2 Å².